The van der Waals surface area contributed by atoms with Crippen molar-refractivity contribution in [3.8, 4) is 11.7 Å². The lowest BCUT2D eigenvalue weighted by Gasteiger charge is -2.14. The number of aliphatic carboxylic acids is 1. The minimum Gasteiger partial charge on any atom is -0.480 e. The highest BCUT2D eigenvalue weighted by Gasteiger charge is 2.56. The van der Waals surface area contributed by atoms with Crippen LogP contribution in [-0.4, -0.2) is 32.3 Å². The highest BCUT2D eigenvalue weighted by Crippen LogP contribution is 2.48. The minimum absolute atomic E-state index is 0.0917. The van der Waals surface area contributed by atoms with Crippen LogP contribution >= 0.6 is 0 Å². The van der Waals surface area contributed by atoms with Crippen LogP contribution in [0, 0.1) is 6.92 Å². The number of oxazole rings is 2. The van der Waals surface area contributed by atoms with Gasteiger partial charge in [0.1, 0.15) is 33.9 Å². The molecular weight excluding hydrogens is 468 g/mol. The van der Waals surface area contributed by atoms with Crippen LogP contribution in [0.4, 0.5) is 10.5 Å². The van der Waals surface area contributed by atoms with Gasteiger partial charge in [0.05, 0.1) is 0 Å². The summed E-state index contributed by atoms with van der Waals surface area (Å²) >= 11 is 0. The zero-order valence-corrected chi connectivity index (χ0v) is 19.3. The molecule has 6 rings (SSSR count). The van der Waals surface area contributed by atoms with Gasteiger partial charge in [-0.15, -0.1) is 0 Å². The molecule has 0 radical (unpaired) electrons. The molecule has 1 fully saturated rings. The fourth-order valence-electron chi connectivity index (χ4n) is 4.04. The van der Waals surface area contributed by atoms with Gasteiger partial charge in [0.15, 0.2) is 11.2 Å². The quantitative estimate of drug-likeness (QED) is 0.319. The van der Waals surface area contributed by atoms with Gasteiger partial charge in [-0.2, -0.15) is 0 Å². The third-order valence-corrected chi connectivity index (χ3v) is 6.30. The molecule has 0 saturated heterocycles. The van der Waals surface area contributed by atoms with Gasteiger partial charge in [-0.25, -0.2) is 14.8 Å². The number of aromatic nitrogens is 3. The van der Waals surface area contributed by atoms with Gasteiger partial charge >= 0.3 is 12.1 Å². The molecule has 0 aliphatic heterocycles. The largest absolute Gasteiger partial charge is 0.480 e. The third-order valence-electron chi connectivity index (χ3n) is 6.30. The number of anilines is 1. The van der Waals surface area contributed by atoms with E-state index in [1.807, 2.05) is 30.3 Å². The van der Waals surface area contributed by atoms with Crippen LogP contribution in [0.1, 0.15) is 43.0 Å². The summed E-state index contributed by atoms with van der Waals surface area (Å²) in [5.74, 6) is -0.552. The van der Waals surface area contributed by atoms with Gasteiger partial charge < -0.3 is 23.2 Å². The predicted molar refractivity (Wildman–Crippen MR) is 125 cm³/mol. The second-order valence-corrected chi connectivity index (χ2v) is 8.77. The Kier molecular flexibility index (Phi) is 4.82. The first-order valence-corrected chi connectivity index (χ1v) is 11.3. The topological polar surface area (TPSA) is 154 Å². The molecule has 2 N–H and O–H groups in total. The number of carbonyl (C=O) groups excluding carboxylic acids is 1. The molecule has 1 amide bonds. The Bertz CT molecular complexity index is 1580. The van der Waals surface area contributed by atoms with Crippen molar-refractivity contribution in [1.29, 1.82) is 0 Å². The average molecular weight is 488 g/mol. The molecule has 1 saturated carbocycles. The highest BCUT2D eigenvalue weighted by molar-refractivity contribution is 5.93. The van der Waals surface area contributed by atoms with Gasteiger partial charge in [-0.3, -0.25) is 10.1 Å². The maximum Gasteiger partial charge on any atom is 0.412 e. The molecule has 0 unspecified atom stereocenters. The molecule has 1 aliphatic rings. The van der Waals surface area contributed by atoms with Crippen LogP contribution in [0.5, 0.6) is 0 Å². The highest BCUT2D eigenvalue weighted by atomic mass is 16.6. The normalized spacial score (nSPS) is 15.2. The van der Waals surface area contributed by atoms with E-state index in [1.165, 1.54) is 0 Å². The number of aryl methyl sites for hydroxylation is 1. The van der Waals surface area contributed by atoms with Crippen molar-refractivity contribution in [3.63, 3.8) is 0 Å². The zero-order valence-electron chi connectivity index (χ0n) is 19.3. The van der Waals surface area contributed by atoms with Crippen molar-refractivity contribution >= 4 is 39.9 Å². The summed E-state index contributed by atoms with van der Waals surface area (Å²) < 4.78 is 22.5. The summed E-state index contributed by atoms with van der Waals surface area (Å²) in [6, 6.07) is 12.6. The van der Waals surface area contributed by atoms with Crippen LogP contribution in [0.3, 0.4) is 0 Å². The number of fused-ring (bicyclic) bond motifs is 2. The molecular formula is C25H20N4O7. The zero-order chi connectivity index (χ0) is 25.0. The van der Waals surface area contributed by atoms with E-state index in [9.17, 15) is 14.7 Å². The Hall–Kier alpha value is -4.67. The number of nitrogens with zero attached hydrogens (tertiary/aromatic N) is 3. The SMILES string of the molecule is Cc1noc(-c2nc3cc4oc(C5(C(=O)O)CC5)nc4cc3o2)c1NC(=O)O[C@H](C)c1ccccc1. The number of hydrogen-bond acceptors (Lipinski definition) is 9. The van der Waals surface area contributed by atoms with Gasteiger partial charge in [-0.1, -0.05) is 35.5 Å². The second-order valence-electron chi connectivity index (χ2n) is 8.77. The number of ether oxygens (including phenoxy) is 1. The molecule has 5 aromatic rings. The Balaban J connectivity index is 1.27. The fraction of sp³-hybridized carbons (Fsp3) is 0.240. The number of benzene rings is 2. The molecule has 0 spiro atoms. The van der Waals surface area contributed by atoms with E-state index in [2.05, 4.69) is 20.4 Å². The number of amides is 1. The molecule has 3 aromatic heterocycles. The number of carboxylic acids is 1. The molecule has 2 aromatic carbocycles. The maximum atomic E-state index is 12.6. The number of rotatable bonds is 6. The van der Waals surface area contributed by atoms with Crippen molar-refractivity contribution in [2.75, 3.05) is 5.32 Å². The molecule has 1 atom stereocenters. The van der Waals surface area contributed by atoms with Gasteiger partial charge in [0, 0.05) is 12.1 Å². The van der Waals surface area contributed by atoms with E-state index in [-0.39, 0.29) is 23.2 Å². The Morgan fingerprint density at radius 3 is 2.47 bits per heavy atom. The van der Waals surface area contributed by atoms with E-state index < -0.39 is 23.6 Å². The summed E-state index contributed by atoms with van der Waals surface area (Å²) in [6.07, 6.45) is -0.179. The van der Waals surface area contributed by atoms with Crippen LogP contribution in [0.2, 0.25) is 0 Å². The van der Waals surface area contributed by atoms with Crippen molar-refractivity contribution < 1.29 is 32.8 Å². The first-order valence-electron chi connectivity index (χ1n) is 11.3. The number of hydrogen-bond donors (Lipinski definition) is 2. The van der Waals surface area contributed by atoms with Crippen molar-refractivity contribution in [1.82, 2.24) is 15.1 Å². The molecule has 36 heavy (non-hydrogen) atoms. The van der Waals surface area contributed by atoms with Crippen molar-refractivity contribution in [3.05, 3.63) is 59.6 Å². The summed E-state index contributed by atoms with van der Waals surface area (Å²) in [5.41, 5.74) is 2.18. The van der Waals surface area contributed by atoms with Crippen LogP contribution in [-0.2, 0) is 14.9 Å². The molecule has 11 nitrogen and oxygen atoms in total. The smallest absolute Gasteiger partial charge is 0.412 e. The second kappa shape index (κ2) is 7.94. The lowest BCUT2D eigenvalue weighted by molar-refractivity contribution is -0.140. The fourth-order valence-corrected chi connectivity index (χ4v) is 4.04. The predicted octanol–water partition coefficient (Wildman–Crippen LogP) is 5.36. The lowest BCUT2D eigenvalue weighted by atomic mass is 10.1. The van der Waals surface area contributed by atoms with E-state index >= 15 is 0 Å². The van der Waals surface area contributed by atoms with Gasteiger partial charge in [0.2, 0.25) is 11.7 Å². The summed E-state index contributed by atoms with van der Waals surface area (Å²) in [5, 5.41) is 16.1. The third kappa shape index (κ3) is 3.56. The standard InChI is InChI=1S/C25H20N4O7/c1-12-19(28-24(32)33-13(2)14-6-4-3-5-7-14)20(36-29-12)21-26-15-10-18-16(11-17(15)34-21)27-22(35-18)25(8-9-25)23(30)31/h3-7,10-11,13H,8-9H2,1-2H3,(H,28,32)(H,30,31)/t13-/m1/s1. The van der Waals surface area contributed by atoms with Crippen molar-refractivity contribution in [2.24, 2.45) is 0 Å². The van der Waals surface area contributed by atoms with Crippen molar-refractivity contribution in [2.45, 2.75) is 38.2 Å². The number of nitrogens with one attached hydrogen (secondary N) is 1. The molecule has 1 aliphatic carbocycles. The molecule has 0 bridgehead atoms. The molecule has 11 heteroatoms. The summed E-state index contributed by atoms with van der Waals surface area (Å²) in [7, 11) is 0. The van der Waals surface area contributed by atoms with E-state index in [4.69, 9.17) is 18.1 Å². The first-order chi connectivity index (χ1) is 17.3. The Labute approximate surface area is 203 Å². The van der Waals surface area contributed by atoms with Gasteiger partial charge in [-0.05, 0) is 32.3 Å². The molecule has 182 valence electrons. The first kappa shape index (κ1) is 21.8. The minimum atomic E-state index is -1.05. The van der Waals surface area contributed by atoms with Gasteiger partial charge in [0.25, 0.3) is 5.89 Å². The summed E-state index contributed by atoms with van der Waals surface area (Å²) in [6.45, 7) is 3.44. The summed E-state index contributed by atoms with van der Waals surface area (Å²) in [4.78, 5) is 33.0. The monoisotopic (exact) mass is 488 g/mol. The van der Waals surface area contributed by atoms with Crippen LogP contribution in [0.15, 0.2) is 55.8 Å². The maximum absolute atomic E-state index is 12.6. The van der Waals surface area contributed by atoms with E-state index in [1.54, 1.807) is 26.0 Å². The lowest BCUT2D eigenvalue weighted by Crippen LogP contribution is -2.19. The van der Waals surface area contributed by atoms with Crippen LogP contribution in [0.25, 0.3) is 33.9 Å². The number of carbonyl (C=O) groups is 2. The average Bonchev–Trinajstić information content (AvgIpc) is 3.24. The van der Waals surface area contributed by atoms with E-state index in [0.29, 0.717) is 40.7 Å². The number of carboxylic acid groups (broad SMARTS) is 1. The molecule has 3 heterocycles. The van der Waals surface area contributed by atoms with Crippen LogP contribution < -0.4 is 5.32 Å². The van der Waals surface area contributed by atoms with E-state index in [0.717, 1.165) is 5.56 Å². The Morgan fingerprint density at radius 2 is 1.78 bits per heavy atom. The Morgan fingerprint density at radius 1 is 1.08 bits per heavy atom.